The van der Waals surface area contributed by atoms with Crippen molar-refractivity contribution < 1.29 is 14.3 Å². The first-order valence-electron chi connectivity index (χ1n) is 11.2. The van der Waals surface area contributed by atoms with Crippen LogP contribution in [0.15, 0.2) is 12.3 Å². The van der Waals surface area contributed by atoms with Crippen molar-refractivity contribution in [2.24, 2.45) is 0 Å². The number of rotatable bonds is 3. The number of nitrogens with one attached hydrogen (secondary N) is 1. The van der Waals surface area contributed by atoms with Crippen LogP contribution in [-0.4, -0.2) is 57.8 Å². The minimum atomic E-state index is -0.459. The molecule has 0 bridgehead atoms. The molecule has 164 valence electrons. The second-order valence-corrected chi connectivity index (χ2v) is 9.67. The molecule has 2 aliphatic rings. The average Bonchev–Trinajstić information content (AvgIpc) is 3.17. The largest absolute Gasteiger partial charge is 0.444 e. The van der Waals surface area contributed by atoms with Crippen LogP contribution in [0, 0.1) is 0 Å². The topological polar surface area (TPSA) is 80.3 Å². The lowest BCUT2D eigenvalue weighted by Crippen LogP contribution is -2.41. The third kappa shape index (κ3) is 4.61. The van der Waals surface area contributed by atoms with Crippen LogP contribution in [0.3, 0.4) is 0 Å². The van der Waals surface area contributed by atoms with Crippen LogP contribution < -0.4 is 0 Å². The molecule has 2 aromatic rings. The number of imidazole rings is 1. The zero-order valence-corrected chi connectivity index (χ0v) is 18.6. The van der Waals surface area contributed by atoms with Gasteiger partial charge in [0.2, 0.25) is 0 Å². The molecule has 30 heavy (non-hydrogen) atoms. The molecule has 2 aromatic heterocycles. The number of hydrogen-bond acceptors (Lipinski definition) is 5. The highest BCUT2D eigenvalue weighted by molar-refractivity contribution is 5.75. The van der Waals surface area contributed by atoms with Crippen LogP contribution in [0.25, 0.3) is 11.2 Å². The fourth-order valence-corrected chi connectivity index (χ4v) is 4.74. The van der Waals surface area contributed by atoms with Crippen LogP contribution in [0.2, 0.25) is 0 Å². The normalized spacial score (nSPS) is 23.7. The molecule has 0 aromatic carbocycles. The number of hydrogen-bond donors (Lipinski definition) is 1. The molecule has 0 unspecified atom stereocenters. The molecule has 0 spiro atoms. The number of fused-ring (bicyclic) bond motifs is 1. The van der Waals surface area contributed by atoms with Gasteiger partial charge in [-0.25, -0.2) is 14.8 Å². The lowest BCUT2D eigenvalue weighted by Gasteiger charge is -2.33. The summed E-state index contributed by atoms with van der Waals surface area (Å²) in [5.74, 6) is 1.90. The maximum Gasteiger partial charge on any atom is 0.410 e. The lowest BCUT2D eigenvalue weighted by atomic mass is 9.87. The van der Waals surface area contributed by atoms with E-state index in [4.69, 9.17) is 14.5 Å². The minimum absolute atomic E-state index is 0.213. The molecule has 4 rings (SSSR count). The number of methoxy groups -OCH3 is 1. The molecule has 1 N–H and O–H groups in total. The first kappa shape index (κ1) is 21.1. The first-order valence-corrected chi connectivity index (χ1v) is 11.2. The van der Waals surface area contributed by atoms with Crippen molar-refractivity contribution in [1.82, 2.24) is 19.9 Å². The third-order valence-electron chi connectivity index (χ3n) is 6.41. The number of carbonyl (C=O) groups is 1. The molecule has 1 aliphatic carbocycles. The van der Waals surface area contributed by atoms with Crippen LogP contribution in [0.1, 0.15) is 82.5 Å². The summed E-state index contributed by atoms with van der Waals surface area (Å²) in [5.41, 5.74) is 2.67. The summed E-state index contributed by atoms with van der Waals surface area (Å²) in [5, 5.41) is 0. The van der Waals surface area contributed by atoms with E-state index in [0.29, 0.717) is 31.0 Å². The number of aromatic nitrogens is 3. The van der Waals surface area contributed by atoms with Gasteiger partial charge in [0, 0.05) is 32.3 Å². The number of H-pyrrole nitrogens is 1. The Morgan fingerprint density at radius 2 is 1.80 bits per heavy atom. The fraction of sp³-hybridized carbons (Fsp3) is 0.696. The van der Waals surface area contributed by atoms with Gasteiger partial charge in [0.25, 0.3) is 0 Å². The van der Waals surface area contributed by atoms with E-state index >= 15 is 0 Å². The molecular formula is C23H34N4O3. The van der Waals surface area contributed by atoms with Gasteiger partial charge in [-0.3, -0.25) is 0 Å². The molecular weight excluding hydrogens is 380 g/mol. The predicted octanol–water partition coefficient (Wildman–Crippen LogP) is 4.75. The lowest BCUT2D eigenvalue weighted by molar-refractivity contribution is 0.0205. The van der Waals surface area contributed by atoms with Gasteiger partial charge in [-0.1, -0.05) is 0 Å². The van der Waals surface area contributed by atoms with E-state index in [2.05, 4.69) is 16.0 Å². The molecule has 1 saturated carbocycles. The Balaban J connectivity index is 1.45. The highest BCUT2D eigenvalue weighted by atomic mass is 16.6. The van der Waals surface area contributed by atoms with E-state index in [1.165, 1.54) is 5.56 Å². The van der Waals surface area contributed by atoms with Crippen molar-refractivity contribution in [2.75, 3.05) is 20.2 Å². The summed E-state index contributed by atoms with van der Waals surface area (Å²) < 4.78 is 11.0. The number of pyridine rings is 1. The number of ether oxygens (including phenoxy) is 2. The number of likely N-dealkylation sites (tertiary alicyclic amines) is 1. The average molecular weight is 415 g/mol. The Morgan fingerprint density at radius 3 is 2.43 bits per heavy atom. The molecule has 7 nitrogen and oxygen atoms in total. The number of aromatic amines is 1. The third-order valence-corrected chi connectivity index (χ3v) is 6.41. The molecule has 1 aliphatic heterocycles. The van der Waals surface area contributed by atoms with Crippen LogP contribution >= 0.6 is 0 Å². The molecule has 1 amide bonds. The van der Waals surface area contributed by atoms with Crippen LogP contribution in [-0.2, 0) is 9.47 Å². The van der Waals surface area contributed by atoms with E-state index in [0.717, 1.165) is 55.5 Å². The second-order valence-electron chi connectivity index (χ2n) is 9.67. The molecule has 1 saturated heterocycles. The quantitative estimate of drug-likeness (QED) is 0.784. The summed E-state index contributed by atoms with van der Waals surface area (Å²) in [6.07, 6.45) is 8.25. The predicted molar refractivity (Wildman–Crippen MR) is 116 cm³/mol. The van der Waals surface area contributed by atoms with Gasteiger partial charge in [0.05, 0.1) is 6.10 Å². The number of carbonyl (C=O) groups excluding carboxylic acids is 1. The Labute approximate surface area is 178 Å². The zero-order chi connectivity index (χ0) is 21.3. The standard InChI is InChI=1S/C23H34N4O3/c1-23(2,3)30-22(28)27-13-10-15(11-14-27)18-9-12-24-21-19(18)25-20(26-21)16-5-7-17(29-4)8-6-16/h9,12,15-17H,5-8,10-11,13-14H2,1-4H3,(H,24,25,26)/t16-,17-. The Bertz CT molecular complexity index is 872. The maximum absolute atomic E-state index is 12.4. The Hall–Kier alpha value is -2.15. The summed E-state index contributed by atoms with van der Waals surface area (Å²) in [7, 11) is 1.80. The van der Waals surface area contributed by atoms with Crippen molar-refractivity contribution in [3.63, 3.8) is 0 Å². The van der Waals surface area contributed by atoms with Crippen LogP contribution in [0.5, 0.6) is 0 Å². The van der Waals surface area contributed by atoms with Gasteiger partial charge < -0.3 is 19.4 Å². The van der Waals surface area contributed by atoms with Crippen molar-refractivity contribution in [1.29, 1.82) is 0 Å². The second kappa shape index (κ2) is 8.53. The monoisotopic (exact) mass is 414 g/mol. The van der Waals surface area contributed by atoms with Crippen LogP contribution in [0.4, 0.5) is 4.79 Å². The Kier molecular flexibility index (Phi) is 6.00. The Morgan fingerprint density at radius 1 is 1.10 bits per heavy atom. The van der Waals surface area contributed by atoms with E-state index in [9.17, 15) is 4.79 Å². The van der Waals surface area contributed by atoms with E-state index in [-0.39, 0.29) is 6.09 Å². The van der Waals surface area contributed by atoms with Gasteiger partial charge >= 0.3 is 6.09 Å². The molecule has 2 fully saturated rings. The summed E-state index contributed by atoms with van der Waals surface area (Å²) in [6, 6.07) is 2.10. The minimum Gasteiger partial charge on any atom is -0.444 e. The molecule has 0 radical (unpaired) electrons. The highest BCUT2D eigenvalue weighted by Crippen LogP contribution is 2.36. The summed E-state index contributed by atoms with van der Waals surface area (Å²) in [4.78, 5) is 27.2. The molecule has 7 heteroatoms. The summed E-state index contributed by atoms with van der Waals surface area (Å²) >= 11 is 0. The zero-order valence-electron chi connectivity index (χ0n) is 18.6. The van der Waals surface area contributed by atoms with Crippen molar-refractivity contribution in [3.05, 3.63) is 23.7 Å². The van der Waals surface area contributed by atoms with Gasteiger partial charge in [0.15, 0.2) is 5.65 Å². The number of amides is 1. The first-order chi connectivity index (χ1) is 14.3. The molecule has 3 heterocycles. The van der Waals surface area contributed by atoms with E-state index < -0.39 is 5.60 Å². The number of nitrogens with zero attached hydrogens (tertiary/aromatic N) is 3. The maximum atomic E-state index is 12.4. The van der Waals surface area contributed by atoms with Gasteiger partial charge in [0.1, 0.15) is 16.9 Å². The smallest absolute Gasteiger partial charge is 0.410 e. The fourth-order valence-electron chi connectivity index (χ4n) is 4.74. The highest BCUT2D eigenvalue weighted by Gasteiger charge is 2.30. The SMILES string of the molecule is CO[C@H]1CC[C@H](c2nc3c(C4CCN(C(=O)OC(C)(C)C)CC4)ccnc3[nH]2)CC1. The van der Waals surface area contributed by atoms with Crippen molar-refractivity contribution in [3.8, 4) is 0 Å². The van der Waals surface area contributed by atoms with E-state index in [1.54, 1.807) is 7.11 Å². The van der Waals surface area contributed by atoms with Gasteiger partial charge in [-0.2, -0.15) is 0 Å². The summed E-state index contributed by atoms with van der Waals surface area (Å²) in [6.45, 7) is 7.14. The number of piperidine rings is 1. The van der Waals surface area contributed by atoms with Crippen molar-refractivity contribution >= 4 is 17.3 Å². The molecule has 0 atom stereocenters. The van der Waals surface area contributed by atoms with Gasteiger partial charge in [-0.05, 0) is 76.8 Å². The van der Waals surface area contributed by atoms with E-state index in [1.807, 2.05) is 31.9 Å². The van der Waals surface area contributed by atoms with Gasteiger partial charge in [-0.15, -0.1) is 0 Å². The van der Waals surface area contributed by atoms with Crippen molar-refractivity contribution in [2.45, 2.75) is 82.8 Å².